The standard InChI is InChI=1S/C25H24ClN7/c1-15(17-8-9-17)28-14-22(27-3)18-6-5-7-20(12-18)32(4)24-21-11-10-19(26)13-23(21)33-16(2)30-31-25(33)29-24/h5-7,10-14,17H,3,8-9H2,1-2,4H3/b22-14-,28-15?. The number of fused-ring (bicyclic) bond motifs is 3. The van der Waals surface area contributed by atoms with Crippen LogP contribution >= 0.6 is 11.6 Å². The maximum absolute atomic E-state index is 6.31. The first-order valence-electron chi connectivity index (χ1n) is 10.8. The monoisotopic (exact) mass is 457 g/mol. The van der Waals surface area contributed by atoms with E-state index in [2.05, 4.69) is 39.9 Å². The Kier molecular flexibility index (Phi) is 5.42. The first-order valence-corrected chi connectivity index (χ1v) is 11.2. The zero-order valence-corrected chi connectivity index (χ0v) is 19.6. The van der Waals surface area contributed by atoms with E-state index in [1.54, 1.807) is 6.20 Å². The second kappa shape index (κ2) is 8.41. The molecule has 1 fully saturated rings. The molecule has 0 unspecified atom stereocenters. The van der Waals surface area contributed by atoms with Gasteiger partial charge in [-0.25, -0.2) is 0 Å². The third kappa shape index (κ3) is 4.00. The van der Waals surface area contributed by atoms with Crippen LogP contribution in [0.2, 0.25) is 5.02 Å². The lowest BCUT2D eigenvalue weighted by molar-refractivity contribution is 1.02. The number of halogens is 1. The molecule has 1 aliphatic carbocycles. The zero-order chi connectivity index (χ0) is 23.1. The summed E-state index contributed by atoms with van der Waals surface area (Å²) in [4.78, 5) is 15.7. The largest absolute Gasteiger partial charge is 0.329 e. The van der Waals surface area contributed by atoms with E-state index >= 15 is 0 Å². The van der Waals surface area contributed by atoms with Gasteiger partial charge in [-0.3, -0.25) is 14.4 Å². The third-order valence-electron chi connectivity index (χ3n) is 6.03. The predicted molar refractivity (Wildman–Crippen MR) is 136 cm³/mol. The van der Waals surface area contributed by atoms with Crippen molar-refractivity contribution in [3.8, 4) is 0 Å². The minimum absolute atomic E-state index is 0.526. The van der Waals surface area contributed by atoms with Gasteiger partial charge in [-0.15, -0.1) is 10.2 Å². The van der Waals surface area contributed by atoms with Crippen LogP contribution in [0.5, 0.6) is 0 Å². The van der Waals surface area contributed by atoms with Gasteiger partial charge in [0, 0.05) is 34.4 Å². The predicted octanol–water partition coefficient (Wildman–Crippen LogP) is 5.88. The van der Waals surface area contributed by atoms with Crippen LogP contribution in [-0.2, 0) is 0 Å². The van der Waals surface area contributed by atoms with Gasteiger partial charge >= 0.3 is 0 Å². The van der Waals surface area contributed by atoms with E-state index in [1.807, 2.05) is 59.7 Å². The van der Waals surface area contributed by atoms with Crippen LogP contribution in [-0.4, -0.2) is 39.1 Å². The Labute approximate surface area is 197 Å². The van der Waals surface area contributed by atoms with Crippen molar-refractivity contribution in [3.63, 3.8) is 0 Å². The molecule has 33 heavy (non-hydrogen) atoms. The van der Waals surface area contributed by atoms with Crippen molar-refractivity contribution in [1.29, 1.82) is 0 Å². The molecule has 2 aromatic carbocycles. The summed E-state index contributed by atoms with van der Waals surface area (Å²) in [6.45, 7) is 7.73. The van der Waals surface area contributed by atoms with E-state index in [-0.39, 0.29) is 0 Å². The second-order valence-corrected chi connectivity index (χ2v) is 8.74. The maximum atomic E-state index is 6.31. The van der Waals surface area contributed by atoms with Gasteiger partial charge in [0.15, 0.2) is 0 Å². The lowest BCUT2D eigenvalue weighted by Crippen LogP contribution is -2.13. The molecule has 0 spiro atoms. The molecule has 0 amide bonds. The fourth-order valence-electron chi connectivity index (χ4n) is 3.97. The lowest BCUT2D eigenvalue weighted by Gasteiger charge is -2.21. The van der Waals surface area contributed by atoms with Gasteiger partial charge in [0.05, 0.1) is 17.4 Å². The van der Waals surface area contributed by atoms with Crippen molar-refractivity contribution < 1.29 is 0 Å². The Balaban J connectivity index is 1.59. The molecule has 0 N–H and O–H groups in total. The van der Waals surface area contributed by atoms with Crippen molar-refractivity contribution in [2.75, 3.05) is 11.9 Å². The highest BCUT2D eigenvalue weighted by Gasteiger charge is 2.24. The summed E-state index contributed by atoms with van der Waals surface area (Å²) >= 11 is 6.31. The second-order valence-electron chi connectivity index (χ2n) is 8.31. The quantitative estimate of drug-likeness (QED) is 0.339. The molecule has 0 bridgehead atoms. The van der Waals surface area contributed by atoms with Gasteiger partial charge < -0.3 is 4.90 Å². The van der Waals surface area contributed by atoms with Crippen LogP contribution in [0, 0.1) is 12.8 Å². The molecule has 1 saturated carbocycles. The summed E-state index contributed by atoms with van der Waals surface area (Å²) in [6.07, 6.45) is 4.26. The normalized spacial score (nSPS) is 14.8. The highest BCUT2D eigenvalue weighted by molar-refractivity contribution is 6.31. The van der Waals surface area contributed by atoms with Gasteiger partial charge in [0.2, 0.25) is 0 Å². The first kappa shape index (κ1) is 21.3. The lowest BCUT2D eigenvalue weighted by atomic mass is 10.1. The Morgan fingerprint density at radius 1 is 1.21 bits per heavy atom. The van der Waals surface area contributed by atoms with Gasteiger partial charge in [-0.1, -0.05) is 23.7 Å². The molecule has 8 heteroatoms. The number of hydrogen-bond acceptors (Lipinski definition) is 6. The Bertz CT molecular complexity index is 1450. The SMILES string of the molecule is C=N/C(=C\N=C(C)C1CC1)c1cccc(N(C)c2nc3nnc(C)n3c3cc(Cl)ccc23)c1. The summed E-state index contributed by atoms with van der Waals surface area (Å²) in [5.41, 5.74) is 4.68. The summed E-state index contributed by atoms with van der Waals surface area (Å²) in [6, 6.07) is 13.9. The maximum Gasteiger partial charge on any atom is 0.257 e. The van der Waals surface area contributed by atoms with E-state index in [9.17, 15) is 0 Å². The molecule has 1 aliphatic rings. The molecule has 0 atom stereocenters. The van der Waals surface area contributed by atoms with Gasteiger partial charge in [0.25, 0.3) is 5.78 Å². The first-order chi connectivity index (χ1) is 16.0. The van der Waals surface area contributed by atoms with Crippen molar-refractivity contribution in [3.05, 3.63) is 65.1 Å². The molecule has 2 aromatic heterocycles. The molecule has 7 nitrogen and oxygen atoms in total. The molecule has 0 aliphatic heterocycles. The Hall–Kier alpha value is -3.58. The van der Waals surface area contributed by atoms with E-state index in [0.717, 1.165) is 45.2 Å². The van der Waals surface area contributed by atoms with Crippen LogP contribution < -0.4 is 4.90 Å². The summed E-state index contributed by atoms with van der Waals surface area (Å²) in [7, 11) is 1.98. The number of aryl methyl sites for hydroxylation is 1. The number of nitrogens with zero attached hydrogens (tertiary/aromatic N) is 7. The van der Waals surface area contributed by atoms with Crippen molar-refractivity contribution in [2.45, 2.75) is 26.7 Å². The minimum atomic E-state index is 0.526. The summed E-state index contributed by atoms with van der Waals surface area (Å²) < 4.78 is 1.91. The van der Waals surface area contributed by atoms with E-state index in [0.29, 0.717) is 16.7 Å². The van der Waals surface area contributed by atoms with Crippen molar-refractivity contribution in [1.82, 2.24) is 19.6 Å². The smallest absolute Gasteiger partial charge is 0.257 e. The van der Waals surface area contributed by atoms with Crippen LogP contribution in [0.1, 0.15) is 31.2 Å². The summed E-state index contributed by atoms with van der Waals surface area (Å²) in [5.74, 6) is 2.67. The van der Waals surface area contributed by atoms with E-state index < -0.39 is 0 Å². The fraction of sp³-hybridized carbons (Fsp3) is 0.240. The van der Waals surface area contributed by atoms with Crippen molar-refractivity contribution >= 4 is 57.9 Å². The molecule has 4 aromatic rings. The molecular weight excluding hydrogens is 434 g/mol. The van der Waals surface area contributed by atoms with Crippen LogP contribution in [0.15, 0.2) is 58.6 Å². The van der Waals surface area contributed by atoms with E-state index in [4.69, 9.17) is 16.6 Å². The Morgan fingerprint density at radius 2 is 2.03 bits per heavy atom. The summed E-state index contributed by atoms with van der Waals surface area (Å²) in [5, 5.41) is 10.0. The molecular formula is C25H24ClN7. The number of aliphatic imine (C=N–C) groups is 2. The molecule has 0 saturated heterocycles. The van der Waals surface area contributed by atoms with Crippen LogP contribution in [0.4, 0.5) is 11.5 Å². The Morgan fingerprint density at radius 3 is 2.79 bits per heavy atom. The molecule has 2 heterocycles. The highest BCUT2D eigenvalue weighted by atomic mass is 35.5. The van der Waals surface area contributed by atoms with Crippen LogP contribution in [0.3, 0.4) is 0 Å². The fourth-order valence-corrected chi connectivity index (χ4v) is 4.13. The van der Waals surface area contributed by atoms with Crippen LogP contribution in [0.25, 0.3) is 22.4 Å². The molecule has 0 radical (unpaired) electrons. The topological polar surface area (TPSA) is 71.0 Å². The molecule has 5 rings (SSSR count). The molecule has 166 valence electrons. The number of rotatable bonds is 6. The van der Waals surface area contributed by atoms with Gasteiger partial charge in [-0.05, 0) is 69.7 Å². The number of anilines is 2. The average molecular weight is 458 g/mol. The number of aromatic nitrogens is 4. The third-order valence-corrected chi connectivity index (χ3v) is 6.27. The highest BCUT2D eigenvalue weighted by Crippen LogP contribution is 2.33. The number of hydrogen-bond donors (Lipinski definition) is 0. The van der Waals surface area contributed by atoms with Crippen molar-refractivity contribution in [2.24, 2.45) is 15.9 Å². The van der Waals surface area contributed by atoms with E-state index in [1.165, 1.54) is 12.8 Å². The average Bonchev–Trinajstić information content (AvgIpc) is 3.61. The van der Waals surface area contributed by atoms with Gasteiger partial charge in [0.1, 0.15) is 11.6 Å². The minimum Gasteiger partial charge on any atom is -0.329 e. The number of benzene rings is 2. The van der Waals surface area contributed by atoms with Gasteiger partial charge in [-0.2, -0.15) is 4.98 Å². The zero-order valence-electron chi connectivity index (χ0n) is 18.8.